The maximum Gasteiger partial charge on any atom is 0.335 e. The molecule has 0 fully saturated rings. The van der Waals surface area contributed by atoms with Gasteiger partial charge in [0.1, 0.15) is 5.82 Å². The van der Waals surface area contributed by atoms with E-state index < -0.39 is 11.0 Å². The number of carboxylic acid groups (broad SMARTS) is 1. The van der Waals surface area contributed by atoms with Gasteiger partial charge in [-0.15, -0.1) is 0 Å². The van der Waals surface area contributed by atoms with E-state index in [1.54, 1.807) is 19.1 Å². The van der Waals surface area contributed by atoms with E-state index in [-0.39, 0.29) is 11.5 Å². The Balaban J connectivity index is 2.41. The highest BCUT2D eigenvalue weighted by Gasteiger charge is 2.13. The molecule has 2 rings (SSSR count). The van der Waals surface area contributed by atoms with Crippen LogP contribution in [0.1, 0.15) is 28.5 Å². The molecule has 9 nitrogen and oxygen atoms in total. The van der Waals surface area contributed by atoms with Crippen LogP contribution in [0.15, 0.2) is 24.3 Å². The van der Waals surface area contributed by atoms with Crippen LogP contribution in [-0.4, -0.2) is 26.1 Å². The van der Waals surface area contributed by atoms with Crippen molar-refractivity contribution in [1.82, 2.24) is 9.97 Å². The van der Waals surface area contributed by atoms with Gasteiger partial charge in [0, 0.05) is 16.9 Å². The first-order valence-corrected chi connectivity index (χ1v) is 6.79. The predicted molar refractivity (Wildman–Crippen MR) is 83.4 cm³/mol. The van der Waals surface area contributed by atoms with Gasteiger partial charge in [0.2, 0.25) is 0 Å². The highest BCUT2D eigenvalue weighted by molar-refractivity contribution is 5.89. The molecule has 0 saturated heterocycles. The minimum Gasteiger partial charge on any atom is -0.478 e. The highest BCUT2D eigenvalue weighted by atomic mass is 16.7. The number of benzene rings is 1. The number of hydrogen-bond acceptors (Lipinski definition) is 6. The summed E-state index contributed by atoms with van der Waals surface area (Å²) in [6.45, 7) is 3.63. The Morgan fingerprint density at radius 3 is 2.74 bits per heavy atom. The van der Waals surface area contributed by atoms with E-state index in [0.717, 1.165) is 5.56 Å². The van der Waals surface area contributed by atoms with Crippen LogP contribution in [0.5, 0.6) is 0 Å². The van der Waals surface area contributed by atoms with Crippen molar-refractivity contribution in [1.29, 1.82) is 0 Å². The molecule has 3 N–H and O–H groups in total. The quantitative estimate of drug-likeness (QED) is 0.547. The standard InChI is InChI=1S/C14H15N5O4/c1-3-11-8(2)15-14(18-19(22)23)17-12(11)16-10-6-4-5-9(7-10)13(20)21/h4-7H,3H2,1-2H3,(H,20,21)(H2,15,16,17,18). The zero-order chi connectivity index (χ0) is 17.0. The SMILES string of the molecule is CCc1c(C)nc(N[N+](=O)[O-])nc1Nc1cccc(C(=O)O)c1. The number of rotatable bonds is 6. The molecule has 1 aromatic heterocycles. The zero-order valence-corrected chi connectivity index (χ0v) is 12.5. The molecule has 0 atom stereocenters. The van der Waals surface area contributed by atoms with Crippen molar-refractivity contribution < 1.29 is 14.9 Å². The van der Waals surface area contributed by atoms with Crippen LogP contribution in [0.4, 0.5) is 17.5 Å². The lowest BCUT2D eigenvalue weighted by atomic mass is 10.1. The van der Waals surface area contributed by atoms with Crippen LogP contribution in [0.3, 0.4) is 0 Å². The second kappa shape index (κ2) is 6.69. The Morgan fingerprint density at radius 2 is 2.13 bits per heavy atom. The summed E-state index contributed by atoms with van der Waals surface area (Å²) in [4.78, 5) is 29.7. The summed E-state index contributed by atoms with van der Waals surface area (Å²) in [5, 5.41) is 21.8. The summed E-state index contributed by atoms with van der Waals surface area (Å²) in [6, 6.07) is 6.21. The summed E-state index contributed by atoms with van der Waals surface area (Å²) >= 11 is 0. The minimum absolute atomic E-state index is 0.127. The monoisotopic (exact) mass is 317 g/mol. The van der Waals surface area contributed by atoms with Crippen molar-refractivity contribution in [2.24, 2.45) is 0 Å². The molecule has 0 amide bonds. The number of hydrogen-bond donors (Lipinski definition) is 3. The largest absolute Gasteiger partial charge is 0.478 e. The second-order valence-corrected chi connectivity index (χ2v) is 4.69. The maximum absolute atomic E-state index is 11.0. The third-order valence-corrected chi connectivity index (χ3v) is 3.13. The second-order valence-electron chi connectivity index (χ2n) is 4.69. The lowest BCUT2D eigenvalue weighted by Crippen LogP contribution is -2.14. The van der Waals surface area contributed by atoms with E-state index in [0.29, 0.717) is 23.6 Å². The molecular formula is C14H15N5O4. The van der Waals surface area contributed by atoms with Crippen molar-refractivity contribution in [3.05, 3.63) is 51.2 Å². The molecule has 0 spiro atoms. The summed E-state index contributed by atoms with van der Waals surface area (Å²) in [5.74, 6) is -0.785. The van der Waals surface area contributed by atoms with Crippen LogP contribution in [0.25, 0.3) is 0 Å². The number of carbonyl (C=O) groups is 1. The molecule has 0 radical (unpaired) electrons. The van der Waals surface area contributed by atoms with Gasteiger partial charge in [0.05, 0.1) is 5.56 Å². The molecule has 1 heterocycles. The van der Waals surface area contributed by atoms with E-state index in [1.165, 1.54) is 12.1 Å². The molecule has 1 aromatic carbocycles. The average molecular weight is 317 g/mol. The van der Waals surface area contributed by atoms with Crippen LogP contribution >= 0.6 is 0 Å². The average Bonchev–Trinajstić information content (AvgIpc) is 2.46. The molecule has 23 heavy (non-hydrogen) atoms. The van der Waals surface area contributed by atoms with E-state index in [4.69, 9.17) is 5.11 Å². The first-order chi connectivity index (χ1) is 10.9. The summed E-state index contributed by atoms with van der Waals surface area (Å²) in [5.41, 5.74) is 3.96. The molecule has 0 bridgehead atoms. The van der Waals surface area contributed by atoms with Gasteiger partial charge in [-0.3, -0.25) is 0 Å². The lowest BCUT2D eigenvalue weighted by Gasteiger charge is -2.13. The van der Waals surface area contributed by atoms with Gasteiger partial charge in [-0.05, 0) is 31.5 Å². The zero-order valence-electron chi connectivity index (χ0n) is 12.5. The molecule has 0 aliphatic rings. The topological polar surface area (TPSA) is 130 Å². The van der Waals surface area contributed by atoms with Gasteiger partial charge < -0.3 is 10.4 Å². The Kier molecular flexibility index (Phi) is 4.69. The number of carboxylic acids is 1. The van der Waals surface area contributed by atoms with Crippen molar-refractivity contribution in [2.45, 2.75) is 20.3 Å². The number of aromatic nitrogens is 2. The van der Waals surface area contributed by atoms with Crippen molar-refractivity contribution in [2.75, 3.05) is 10.7 Å². The first kappa shape index (κ1) is 16.1. The molecular weight excluding hydrogens is 302 g/mol. The Morgan fingerprint density at radius 1 is 1.39 bits per heavy atom. The molecule has 0 saturated carbocycles. The normalized spacial score (nSPS) is 10.2. The van der Waals surface area contributed by atoms with Gasteiger partial charge in [-0.25, -0.2) is 19.9 Å². The summed E-state index contributed by atoms with van der Waals surface area (Å²) in [6.07, 6.45) is 0.617. The fraction of sp³-hybridized carbons (Fsp3) is 0.214. The minimum atomic E-state index is -1.04. The molecule has 120 valence electrons. The van der Waals surface area contributed by atoms with E-state index in [2.05, 4.69) is 15.3 Å². The van der Waals surface area contributed by atoms with Gasteiger partial charge in [-0.2, -0.15) is 4.98 Å². The van der Waals surface area contributed by atoms with Crippen LogP contribution < -0.4 is 10.7 Å². The predicted octanol–water partition coefficient (Wildman–Crippen LogP) is 2.39. The number of aromatic carboxylic acids is 1. The highest BCUT2D eigenvalue weighted by Crippen LogP contribution is 2.23. The van der Waals surface area contributed by atoms with Crippen LogP contribution in [0, 0.1) is 17.0 Å². The Labute approximate surface area is 131 Å². The summed E-state index contributed by atoms with van der Waals surface area (Å²) in [7, 11) is 0. The number of aryl methyl sites for hydroxylation is 1. The first-order valence-electron chi connectivity index (χ1n) is 6.79. The maximum atomic E-state index is 11.0. The number of nitrogens with zero attached hydrogens (tertiary/aromatic N) is 3. The third-order valence-electron chi connectivity index (χ3n) is 3.13. The van der Waals surface area contributed by atoms with Gasteiger partial charge in [0.15, 0.2) is 5.03 Å². The fourth-order valence-electron chi connectivity index (χ4n) is 2.12. The number of hydrazine groups is 1. The Hall–Kier alpha value is -3.23. The third kappa shape index (κ3) is 3.90. The molecule has 0 aliphatic heterocycles. The van der Waals surface area contributed by atoms with Gasteiger partial charge in [0.25, 0.3) is 5.95 Å². The lowest BCUT2D eigenvalue weighted by molar-refractivity contribution is -0.446. The molecule has 2 aromatic rings. The molecule has 0 unspecified atom stereocenters. The fourth-order valence-corrected chi connectivity index (χ4v) is 2.12. The van der Waals surface area contributed by atoms with Crippen molar-refractivity contribution >= 4 is 23.4 Å². The van der Waals surface area contributed by atoms with Gasteiger partial charge >= 0.3 is 5.97 Å². The number of anilines is 3. The molecule has 9 heteroatoms. The van der Waals surface area contributed by atoms with Crippen LogP contribution in [0.2, 0.25) is 0 Å². The number of nitro groups is 1. The van der Waals surface area contributed by atoms with Crippen LogP contribution in [-0.2, 0) is 6.42 Å². The molecule has 0 aliphatic carbocycles. The Bertz CT molecular complexity index is 763. The van der Waals surface area contributed by atoms with Gasteiger partial charge in [-0.1, -0.05) is 18.4 Å². The smallest absolute Gasteiger partial charge is 0.335 e. The van der Waals surface area contributed by atoms with Crippen molar-refractivity contribution in [3.63, 3.8) is 0 Å². The van der Waals surface area contributed by atoms with E-state index in [9.17, 15) is 14.9 Å². The van der Waals surface area contributed by atoms with Crippen molar-refractivity contribution in [3.8, 4) is 0 Å². The van der Waals surface area contributed by atoms with E-state index in [1.807, 2.05) is 12.3 Å². The van der Waals surface area contributed by atoms with E-state index >= 15 is 0 Å². The summed E-state index contributed by atoms with van der Waals surface area (Å²) < 4.78 is 0. The number of nitrogens with one attached hydrogen (secondary N) is 2.